The number of benzene rings is 2. The molecule has 1 amide bonds. The van der Waals surface area contributed by atoms with Crippen LogP contribution in [0.25, 0.3) is 22.1 Å². The van der Waals surface area contributed by atoms with Crippen molar-refractivity contribution in [3.05, 3.63) is 83.2 Å². The van der Waals surface area contributed by atoms with Gasteiger partial charge in [-0.15, -0.1) is 0 Å². The second-order valence-corrected chi connectivity index (χ2v) is 10.8. The maximum absolute atomic E-state index is 13.4. The Kier molecular flexibility index (Phi) is 10.4. The van der Waals surface area contributed by atoms with E-state index in [-0.39, 0.29) is 36.1 Å². The molecule has 0 unspecified atom stereocenters. The van der Waals surface area contributed by atoms with Crippen molar-refractivity contribution >= 4 is 29.5 Å². The quantitative estimate of drug-likeness (QED) is 0.178. The fraction of sp³-hybridized carbons (Fsp3) is 0.344. The van der Waals surface area contributed by atoms with E-state index in [0.29, 0.717) is 48.3 Å². The number of nitrogen functional groups attached to an aromatic ring is 1. The van der Waals surface area contributed by atoms with Crippen molar-refractivity contribution in [3.8, 4) is 11.1 Å². The van der Waals surface area contributed by atoms with Gasteiger partial charge in [0.2, 0.25) is 6.41 Å². The molecule has 2 aliphatic rings. The van der Waals surface area contributed by atoms with Gasteiger partial charge >= 0.3 is 6.18 Å². The maximum atomic E-state index is 13.4. The highest BCUT2D eigenvalue weighted by Gasteiger charge is 2.35. The summed E-state index contributed by atoms with van der Waals surface area (Å²) in [6.45, 7) is 1.07. The van der Waals surface area contributed by atoms with Gasteiger partial charge in [-0.3, -0.25) is 9.59 Å². The van der Waals surface area contributed by atoms with Crippen molar-refractivity contribution in [2.75, 3.05) is 25.9 Å². The van der Waals surface area contributed by atoms with Crippen LogP contribution in [0, 0.1) is 0 Å². The zero-order valence-corrected chi connectivity index (χ0v) is 24.0. The number of likely N-dealkylation sites (tertiary alicyclic amines) is 1. The summed E-state index contributed by atoms with van der Waals surface area (Å²) in [5.41, 5.74) is 6.95. The van der Waals surface area contributed by atoms with Crippen molar-refractivity contribution in [2.24, 2.45) is 0 Å². The first-order valence-electron chi connectivity index (χ1n) is 14.0. The summed E-state index contributed by atoms with van der Waals surface area (Å²) in [5, 5.41) is 2.64. The lowest BCUT2D eigenvalue weighted by Gasteiger charge is -2.28. The minimum Gasteiger partial charge on any atom is -0.459 e. The Morgan fingerprint density at radius 3 is 2.23 bits per heavy atom. The van der Waals surface area contributed by atoms with Crippen LogP contribution < -0.4 is 11.1 Å². The van der Waals surface area contributed by atoms with E-state index in [4.69, 9.17) is 10.2 Å². The molecule has 3 N–H and O–H groups in total. The number of aldehydes is 1. The normalized spacial score (nSPS) is 16.2. The third kappa shape index (κ3) is 9.09. The standard InChI is InChI=1S/C18H12F3NO3.C8H10N2.C6H11F2N/c19-18(20,21)16-7-13(12-3-1-11(9-23)2-4-12)5-14-6-15(8-22-10-24)25-17(14)16;9-8-4-3-7(5-10-8)6-1-2-6;1-9-4-2-6(7,8)3-5-9/h1-7,9-10H,8H2,(H,22,24);3-6H,1-2H2,(H2,9,10);2-5H2,1H3. The SMILES string of the molecule is CN1CCC(F)(F)CC1.Nc1ccc(C2CC2)cn1.O=CNCc1cc2cc(-c3ccc(C=O)cc3)cc(C(F)(F)F)c2o1. The molecule has 1 saturated carbocycles. The molecule has 1 aliphatic carbocycles. The molecule has 0 bridgehead atoms. The Hall–Kier alpha value is -4.32. The van der Waals surface area contributed by atoms with E-state index < -0.39 is 17.7 Å². The topological polar surface area (TPSA) is 101 Å². The molecule has 0 spiro atoms. The van der Waals surface area contributed by atoms with Gasteiger partial charge in [0.1, 0.15) is 23.4 Å². The minimum absolute atomic E-state index is 0.00115. The number of fused-ring (bicyclic) bond motifs is 1. The monoisotopic (exact) mass is 616 g/mol. The van der Waals surface area contributed by atoms with Crippen molar-refractivity contribution in [2.45, 2.75) is 50.2 Å². The molecule has 2 aromatic heterocycles. The number of aromatic nitrogens is 1. The largest absolute Gasteiger partial charge is 0.459 e. The van der Waals surface area contributed by atoms with E-state index in [1.807, 2.05) is 24.2 Å². The molecule has 0 radical (unpaired) electrons. The number of hydrogen-bond acceptors (Lipinski definition) is 6. The number of nitrogens with two attached hydrogens (primary N) is 1. The molecule has 4 aromatic rings. The first kappa shape index (κ1) is 32.6. The molecule has 0 atom stereocenters. The lowest BCUT2D eigenvalue weighted by molar-refractivity contribution is -0.136. The average molecular weight is 617 g/mol. The van der Waals surface area contributed by atoms with Crippen LogP contribution in [-0.2, 0) is 17.5 Å². The molecule has 12 heteroatoms. The third-order valence-corrected chi connectivity index (χ3v) is 7.29. The second-order valence-electron chi connectivity index (χ2n) is 10.8. The van der Waals surface area contributed by atoms with Crippen LogP contribution >= 0.6 is 0 Å². The molecule has 1 saturated heterocycles. The number of nitrogens with zero attached hydrogens (tertiary/aromatic N) is 2. The number of pyridine rings is 1. The van der Waals surface area contributed by atoms with Gasteiger partial charge in [-0.1, -0.05) is 30.3 Å². The summed E-state index contributed by atoms with van der Waals surface area (Å²) in [6.07, 6.45) is 1.11. The highest BCUT2D eigenvalue weighted by molar-refractivity contribution is 5.88. The van der Waals surface area contributed by atoms with Gasteiger partial charge in [-0.25, -0.2) is 13.8 Å². The van der Waals surface area contributed by atoms with Crippen LogP contribution in [0.15, 0.2) is 65.2 Å². The first-order chi connectivity index (χ1) is 20.9. The highest BCUT2D eigenvalue weighted by Crippen LogP contribution is 2.40. The lowest BCUT2D eigenvalue weighted by Crippen LogP contribution is -2.36. The summed E-state index contributed by atoms with van der Waals surface area (Å²) in [6, 6.07) is 14.2. The molecule has 6 rings (SSSR count). The number of rotatable bonds is 6. The molecule has 44 heavy (non-hydrogen) atoms. The van der Waals surface area contributed by atoms with Gasteiger partial charge < -0.3 is 20.4 Å². The van der Waals surface area contributed by atoms with E-state index in [2.05, 4.69) is 16.4 Å². The zero-order chi connectivity index (χ0) is 31.9. The van der Waals surface area contributed by atoms with E-state index in [0.717, 1.165) is 12.0 Å². The van der Waals surface area contributed by atoms with E-state index in [1.54, 1.807) is 18.2 Å². The summed E-state index contributed by atoms with van der Waals surface area (Å²) in [5.74, 6) is -0.759. The average Bonchev–Trinajstić information content (AvgIpc) is 3.76. The van der Waals surface area contributed by atoms with Crippen molar-refractivity contribution < 1.29 is 36.0 Å². The third-order valence-electron chi connectivity index (χ3n) is 7.29. The Labute approximate surface area is 251 Å². The van der Waals surface area contributed by atoms with Crippen LogP contribution in [0.1, 0.15) is 58.8 Å². The van der Waals surface area contributed by atoms with Gasteiger partial charge in [-0.05, 0) is 66.8 Å². The lowest BCUT2D eigenvalue weighted by atomic mass is 9.99. The van der Waals surface area contributed by atoms with Crippen LogP contribution in [0.5, 0.6) is 0 Å². The van der Waals surface area contributed by atoms with Gasteiger partial charge in [0.05, 0.1) is 12.1 Å². The van der Waals surface area contributed by atoms with Crippen LogP contribution in [-0.4, -0.2) is 48.6 Å². The first-order valence-corrected chi connectivity index (χ1v) is 14.0. The summed E-state index contributed by atoms with van der Waals surface area (Å²) < 4.78 is 70.2. The van der Waals surface area contributed by atoms with Crippen molar-refractivity contribution in [1.82, 2.24) is 15.2 Å². The Morgan fingerprint density at radius 1 is 1.02 bits per heavy atom. The maximum Gasteiger partial charge on any atom is 0.420 e. The van der Waals surface area contributed by atoms with Crippen molar-refractivity contribution in [3.63, 3.8) is 0 Å². The smallest absolute Gasteiger partial charge is 0.420 e. The Balaban J connectivity index is 0.000000188. The van der Waals surface area contributed by atoms with Crippen LogP contribution in [0.4, 0.5) is 27.8 Å². The molecule has 7 nitrogen and oxygen atoms in total. The number of carbonyl (C=O) groups excluding carboxylic acids is 2. The number of piperidine rings is 1. The molecular weight excluding hydrogens is 583 g/mol. The summed E-state index contributed by atoms with van der Waals surface area (Å²) >= 11 is 0. The van der Waals surface area contributed by atoms with Gasteiger partial charge in [0, 0.05) is 43.1 Å². The number of hydrogen-bond donors (Lipinski definition) is 2. The van der Waals surface area contributed by atoms with E-state index in [1.165, 1.54) is 36.6 Å². The molecule has 3 heterocycles. The number of alkyl halides is 5. The Bertz CT molecular complexity index is 1540. The molecular formula is C32H33F5N4O3. The number of halogens is 5. The molecule has 234 valence electrons. The second kappa shape index (κ2) is 14.0. The molecule has 2 fully saturated rings. The summed E-state index contributed by atoms with van der Waals surface area (Å²) in [4.78, 5) is 27.0. The zero-order valence-electron chi connectivity index (χ0n) is 24.0. The van der Waals surface area contributed by atoms with E-state index >= 15 is 0 Å². The number of furan rings is 1. The number of nitrogens with one attached hydrogen (secondary N) is 1. The predicted molar refractivity (Wildman–Crippen MR) is 157 cm³/mol. The highest BCUT2D eigenvalue weighted by atomic mass is 19.4. The number of carbonyl (C=O) groups is 2. The predicted octanol–water partition coefficient (Wildman–Crippen LogP) is 7.07. The molecule has 1 aliphatic heterocycles. The number of amides is 1. The van der Waals surface area contributed by atoms with Gasteiger partial charge in [0.15, 0.2) is 0 Å². The number of anilines is 1. The van der Waals surface area contributed by atoms with Crippen LogP contribution in [0.3, 0.4) is 0 Å². The van der Waals surface area contributed by atoms with Gasteiger partial charge in [-0.2, -0.15) is 13.2 Å². The minimum atomic E-state index is -4.59. The Morgan fingerprint density at radius 2 is 1.70 bits per heavy atom. The molecule has 2 aromatic carbocycles. The van der Waals surface area contributed by atoms with Crippen molar-refractivity contribution in [1.29, 1.82) is 0 Å². The van der Waals surface area contributed by atoms with Crippen LogP contribution in [0.2, 0.25) is 0 Å². The van der Waals surface area contributed by atoms with Gasteiger partial charge in [0.25, 0.3) is 5.92 Å². The van der Waals surface area contributed by atoms with E-state index in [9.17, 15) is 31.5 Å². The fourth-order valence-corrected chi connectivity index (χ4v) is 4.59. The summed E-state index contributed by atoms with van der Waals surface area (Å²) in [7, 11) is 1.87. The fourth-order valence-electron chi connectivity index (χ4n) is 4.59.